The number of alkyl halides is 6. The van der Waals surface area contributed by atoms with Crippen LogP contribution in [-0.2, 0) is 17.4 Å². The number of carbonyl (C=O) groups is 1. The second-order valence-corrected chi connectivity index (χ2v) is 6.10. The van der Waals surface area contributed by atoms with Crippen LogP contribution in [0.15, 0.2) is 36.4 Å². The van der Waals surface area contributed by atoms with Gasteiger partial charge in [0.25, 0.3) is 0 Å². The van der Waals surface area contributed by atoms with Gasteiger partial charge in [-0.3, -0.25) is 0 Å². The van der Waals surface area contributed by atoms with E-state index >= 15 is 0 Å². The van der Waals surface area contributed by atoms with Gasteiger partial charge in [-0.1, -0.05) is 12.1 Å². The first-order chi connectivity index (χ1) is 13.3. The molecule has 0 aliphatic carbocycles. The highest BCUT2D eigenvalue weighted by atomic mass is 19.4. The Morgan fingerprint density at radius 2 is 1.48 bits per heavy atom. The molecule has 2 aromatic carbocycles. The minimum absolute atomic E-state index is 0.188. The number of phenols is 2. The van der Waals surface area contributed by atoms with Gasteiger partial charge in [0.05, 0.1) is 11.6 Å². The molecule has 0 amide bonds. The number of carboxylic acids is 1. The molecule has 0 saturated carbocycles. The van der Waals surface area contributed by atoms with E-state index in [1.165, 1.54) is 24.3 Å². The summed E-state index contributed by atoms with van der Waals surface area (Å²) < 4.78 is 69.6. The molecule has 4 N–H and O–H groups in total. The number of carboxylic acid groups (broad SMARTS) is 1. The molecule has 0 saturated heterocycles. The van der Waals surface area contributed by atoms with Crippen LogP contribution >= 0.6 is 0 Å². The predicted molar refractivity (Wildman–Crippen MR) is 88.5 cm³/mol. The molecule has 1 atom stereocenters. The van der Waals surface area contributed by atoms with Crippen LogP contribution in [0.2, 0.25) is 0 Å². The molecule has 29 heavy (non-hydrogen) atoms. The molecular weight excluding hydrogens is 408 g/mol. The molecule has 2 aromatic rings. The second kappa shape index (κ2) is 8.19. The van der Waals surface area contributed by atoms with Crippen molar-refractivity contribution in [2.75, 3.05) is 6.54 Å². The number of benzene rings is 2. The minimum Gasteiger partial charge on any atom is -0.504 e. The third-order valence-electron chi connectivity index (χ3n) is 4.10. The summed E-state index contributed by atoms with van der Waals surface area (Å²) in [6.45, 7) is 0.642. The number of aromatic hydroxyl groups is 2. The van der Waals surface area contributed by atoms with Crippen molar-refractivity contribution in [2.24, 2.45) is 0 Å². The first-order valence-corrected chi connectivity index (χ1v) is 8.06. The molecule has 0 radical (unpaired) electrons. The van der Waals surface area contributed by atoms with E-state index in [9.17, 15) is 36.6 Å². The average molecular weight is 423 g/mol. The van der Waals surface area contributed by atoms with E-state index in [1.807, 2.05) is 0 Å². The molecule has 158 valence electrons. The van der Waals surface area contributed by atoms with Gasteiger partial charge in [0.2, 0.25) is 0 Å². The number of rotatable bonds is 1. The van der Waals surface area contributed by atoms with Gasteiger partial charge in [-0.25, -0.2) is 4.79 Å². The normalized spacial score (nSPS) is 16.4. The molecule has 1 aliphatic rings. The summed E-state index contributed by atoms with van der Waals surface area (Å²) >= 11 is 0. The van der Waals surface area contributed by atoms with Crippen molar-refractivity contribution >= 4 is 5.97 Å². The average Bonchev–Trinajstić information content (AvgIpc) is 2.61. The summed E-state index contributed by atoms with van der Waals surface area (Å²) in [4.78, 5) is 8.90. The Kier molecular flexibility index (Phi) is 6.31. The zero-order valence-electron chi connectivity index (χ0n) is 14.5. The van der Waals surface area contributed by atoms with E-state index in [0.717, 1.165) is 23.3 Å². The van der Waals surface area contributed by atoms with E-state index in [1.54, 1.807) is 0 Å². The Morgan fingerprint density at radius 1 is 0.966 bits per heavy atom. The highest BCUT2D eigenvalue weighted by Crippen LogP contribution is 2.37. The van der Waals surface area contributed by atoms with E-state index in [4.69, 9.17) is 9.90 Å². The van der Waals surface area contributed by atoms with Crippen LogP contribution in [0, 0.1) is 0 Å². The predicted octanol–water partition coefficient (Wildman–Crippen LogP) is 3.99. The summed E-state index contributed by atoms with van der Waals surface area (Å²) in [5, 5.41) is 29.6. The first kappa shape index (κ1) is 22.3. The van der Waals surface area contributed by atoms with Crippen LogP contribution in [0.3, 0.4) is 0 Å². The zero-order valence-corrected chi connectivity index (χ0v) is 14.5. The van der Waals surface area contributed by atoms with Gasteiger partial charge >= 0.3 is 18.3 Å². The smallest absolute Gasteiger partial charge is 0.490 e. The highest BCUT2D eigenvalue weighted by molar-refractivity contribution is 5.73. The number of hydrogen-bond donors (Lipinski definition) is 4. The van der Waals surface area contributed by atoms with Crippen molar-refractivity contribution in [3.05, 3.63) is 58.7 Å². The SMILES string of the molecule is O=C(O)C(F)(F)F.Oc1cc2c(cc1O)C(c1ccc(C(F)(F)F)cc1)NCC2. The second-order valence-electron chi connectivity index (χ2n) is 6.10. The maximum atomic E-state index is 12.6. The first-order valence-electron chi connectivity index (χ1n) is 8.06. The molecule has 3 rings (SSSR count). The van der Waals surface area contributed by atoms with Gasteiger partial charge in [0, 0.05) is 6.54 Å². The Labute approximate surface area is 160 Å². The Hall–Kier alpha value is -2.95. The number of hydrogen-bond acceptors (Lipinski definition) is 4. The molecule has 0 fully saturated rings. The van der Waals surface area contributed by atoms with Crippen molar-refractivity contribution < 1.29 is 46.5 Å². The van der Waals surface area contributed by atoms with Gasteiger partial charge in [-0.05, 0) is 47.4 Å². The molecule has 1 unspecified atom stereocenters. The molecule has 1 heterocycles. The van der Waals surface area contributed by atoms with E-state index < -0.39 is 23.9 Å². The van der Waals surface area contributed by atoms with Crippen LogP contribution in [0.4, 0.5) is 26.3 Å². The van der Waals surface area contributed by atoms with E-state index in [-0.39, 0.29) is 17.5 Å². The standard InChI is InChI=1S/C16H14F3NO2.C2HF3O2/c17-16(18,19)11-3-1-9(2-4-11)15-12-8-14(22)13(21)7-10(12)5-6-20-15;3-2(4,5)1(6)7/h1-4,7-8,15,20-22H,5-6H2;(H,6,7). The number of nitrogens with one attached hydrogen (secondary N) is 1. The Morgan fingerprint density at radius 3 is 1.97 bits per heavy atom. The fourth-order valence-corrected chi connectivity index (χ4v) is 2.74. The number of aliphatic carboxylic acids is 1. The van der Waals surface area contributed by atoms with Gasteiger partial charge in [0.15, 0.2) is 11.5 Å². The van der Waals surface area contributed by atoms with Crippen LogP contribution in [0.5, 0.6) is 11.5 Å². The Balaban J connectivity index is 0.000000370. The third kappa shape index (κ3) is 5.53. The van der Waals surface area contributed by atoms with Gasteiger partial charge in [-0.15, -0.1) is 0 Å². The molecule has 0 aromatic heterocycles. The van der Waals surface area contributed by atoms with Gasteiger partial charge in [-0.2, -0.15) is 26.3 Å². The third-order valence-corrected chi connectivity index (χ3v) is 4.10. The van der Waals surface area contributed by atoms with Crippen LogP contribution < -0.4 is 5.32 Å². The van der Waals surface area contributed by atoms with Crippen molar-refractivity contribution in [2.45, 2.75) is 24.8 Å². The van der Waals surface area contributed by atoms with Crippen molar-refractivity contribution in [1.29, 1.82) is 0 Å². The molecule has 11 heteroatoms. The lowest BCUT2D eigenvalue weighted by Gasteiger charge is -2.28. The van der Waals surface area contributed by atoms with Crippen LogP contribution in [0.1, 0.15) is 28.3 Å². The molecular formula is C18H15F6NO4. The lowest BCUT2D eigenvalue weighted by molar-refractivity contribution is -0.192. The molecule has 5 nitrogen and oxygen atoms in total. The van der Waals surface area contributed by atoms with Crippen molar-refractivity contribution in [3.8, 4) is 11.5 Å². The van der Waals surface area contributed by atoms with Crippen LogP contribution in [0.25, 0.3) is 0 Å². The van der Waals surface area contributed by atoms with Crippen molar-refractivity contribution in [3.63, 3.8) is 0 Å². The summed E-state index contributed by atoms with van der Waals surface area (Å²) in [5.41, 5.74) is 1.63. The van der Waals surface area contributed by atoms with Gasteiger partial charge in [0.1, 0.15) is 0 Å². The number of fused-ring (bicyclic) bond motifs is 1. The maximum absolute atomic E-state index is 12.6. The maximum Gasteiger partial charge on any atom is 0.490 e. The molecule has 0 bridgehead atoms. The quantitative estimate of drug-likeness (QED) is 0.412. The van der Waals surface area contributed by atoms with E-state index in [2.05, 4.69) is 5.32 Å². The van der Waals surface area contributed by atoms with Gasteiger partial charge < -0.3 is 20.6 Å². The largest absolute Gasteiger partial charge is 0.504 e. The zero-order chi connectivity index (χ0) is 22.0. The molecule has 0 spiro atoms. The van der Waals surface area contributed by atoms with Crippen LogP contribution in [-0.4, -0.2) is 34.0 Å². The Bertz CT molecular complexity index is 878. The topological polar surface area (TPSA) is 89.8 Å². The summed E-state index contributed by atoms with van der Waals surface area (Å²) in [6.07, 6.45) is -8.76. The summed E-state index contributed by atoms with van der Waals surface area (Å²) in [5.74, 6) is -3.18. The fraction of sp³-hybridized carbons (Fsp3) is 0.278. The highest BCUT2D eigenvalue weighted by Gasteiger charge is 2.38. The minimum atomic E-state index is -5.08. The molecule has 1 aliphatic heterocycles. The monoisotopic (exact) mass is 423 g/mol. The number of phenolic OH excluding ortho intramolecular Hbond substituents is 2. The number of halogens is 6. The fourth-order valence-electron chi connectivity index (χ4n) is 2.74. The lowest BCUT2D eigenvalue weighted by Crippen LogP contribution is -2.30. The van der Waals surface area contributed by atoms with E-state index in [0.29, 0.717) is 18.5 Å². The summed E-state index contributed by atoms with van der Waals surface area (Å²) in [7, 11) is 0. The summed E-state index contributed by atoms with van der Waals surface area (Å²) in [6, 6.07) is 7.61. The van der Waals surface area contributed by atoms with Crippen molar-refractivity contribution in [1.82, 2.24) is 5.32 Å². The lowest BCUT2D eigenvalue weighted by atomic mass is 9.89.